The average Bonchev–Trinajstić information content (AvgIpc) is 2.53. The monoisotopic (exact) mass is 317 g/mol. The van der Waals surface area contributed by atoms with Crippen molar-refractivity contribution in [3.63, 3.8) is 0 Å². The summed E-state index contributed by atoms with van der Waals surface area (Å²) in [6.07, 6.45) is 0.776. The molecule has 0 fully saturated rings. The lowest BCUT2D eigenvalue weighted by Crippen LogP contribution is -2.12. The number of halogens is 1. The molecule has 0 spiro atoms. The predicted molar refractivity (Wildman–Crippen MR) is 86.4 cm³/mol. The highest BCUT2D eigenvalue weighted by Crippen LogP contribution is 2.17. The van der Waals surface area contributed by atoms with E-state index >= 15 is 0 Å². The Morgan fingerprint density at radius 3 is 2.41 bits per heavy atom. The van der Waals surface area contributed by atoms with Gasteiger partial charge in [-0.15, -0.1) is 0 Å². The summed E-state index contributed by atoms with van der Waals surface area (Å²) in [5.74, 6) is -0.669. The van der Waals surface area contributed by atoms with Gasteiger partial charge in [-0.2, -0.15) is 0 Å². The first-order valence-corrected chi connectivity index (χ1v) is 7.32. The number of nitrogens with one attached hydrogen (secondary N) is 1. The number of benzene rings is 2. The second kappa shape index (κ2) is 7.61. The van der Waals surface area contributed by atoms with Gasteiger partial charge >= 0.3 is 5.97 Å². The van der Waals surface area contributed by atoms with Gasteiger partial charge in [0.25, 0.3) is 5.91 Å². The first-order chi connectivity index (χ1) is 10.6. The fourth-order valence-corrected chi connectivity index (χ4v) is 2.03. The molecule has 0 saturated heterocycles. The fourth-order valence-electron chi connectivity index (χ4n) is 1.81. The van der Waals surface area contributed by atoms with E-state index in [0.29, 0.717) is 28.4 Å². The molecule has 0 heterocycles. The van der Waals surface area contributed by atoms with Crippen molar-refractivity contribution in [3.05, 3.63) is 64.7 Å². The third-order valence-electron chi connectivity index (χ3n) is 2.93. The largest absolute Gasteiger partial charge is 0.462 e. The Balaban J connectivity index is 2.04. The summed E-state index contributed by atoms with van der Waals surface area (Å²) in [4.78, 5) is 23.8. The van der Waals surface area contributed by atoms with Crippen molar-refractivity contribution in [3.8, 4) is 0 Å². The van der Waals surface area contributed by atoms with Crippen LogP contribution in [0.15, 0.2) is 48.5 Å². The Hall–Kier alpha value is -2.33. The van der Waals surface area contributed by atoms with Crippen LogP contribution in [-0.4, -0.2) is 18.5 Å². The molecule has 5 heteroatoms. The number of anilines is 1. The zero-order chi connectivity index (χ0) is 15.9. The maximum absolute atomic E-state index is 12.1. The highest BCUT2D eigenvalue weighted by Gasteiger charge is 2.11. The van der Waals surface area contributed by atoms with Crippen LogP contribution in [0.3, 0.4) is 0 Å². The number of ether oxygens (including phenoxy) is 1. The van der Waals surface area contributed by atoms with Crippen LogP contribution in [0.25, 0.3) is 0 Å². The van der Waals surface area contributed by atoms with Crippen LogP contribution in [0.2, 0.25) is 5.02 Å². The van der Waals surface area contributed by atoms with Crippen LogP contribution in [0.1, 0.15) is 34.1 Å². The number of carbonyl (C=O) groups is 2. The number of amides is 1. The molecule has 0 aliphatic carbocycles. The molecule has 0 bridgehead atoms. The zero-order valence-corrected chi connectivity index (χ0v) is 12.9. The number of hydrogen-bond donors (Lipinski definition) is 1. The van der Waals surface area contributed by atoms with Gasteiger partial charge in [-0.05, 0) is 42.8 Å². The van der Waals surface area contributed by atoms with Crippen molar-refractivity contribution in [2.75, 3.05) is 11.9 Å². The van der Waals surface area contributed by atoms with Gasteiger partial charge in [0.1, 0.15) is 0 Å². The molecular weight excluding hydrogens is 302 g/mol. The molecule has 2 aromatic rings. The molecule has 22 heavy (non-hydrogen) atoms. The second-order valence-electron chi connectivity index (χ2n) is 4.65. The van der Waals surface area contributed by atoms with E-state index in [4.69, 9.17) is 16.3 Å². The maximum atomic E-state index is 12.1. The minimum atomic E-state index is -0.370. The Kier molecular flexibility index (Phi) is 5.55. The van der Waals surface area contributed by atoms with Crippen molar-refractivity contribution in [2.45, 2.75) is 13.3 Å². The van der Waals surface area contributed by atoms with Crippen molar-refractivity contribution in [1.29, 1.82) is 0 Å². The molecule has 4 nitrogen and oxygen atoms in total. The lowest BCUT2D eigenvalue weighted by Gasteiger charge is -2.08. The van der Waals surface area contributed by atoms with Crippen molar-refractivity contribution in [1.82, 2.24) is 0 Å². The van der Waals surface area contributed by atoms with Gasteiger partial charge < -0.3 is 10.1 Å². The van der Waals surface area contributed by atoms with Gasteiger partial charge in [0.15, 0.2) is 0 Å². The molecule has 2 aromatic carbocycles. The molecule has 0 radical (unpaired) electrons. The minimum Gasteiger partial charge on any atom is -0.462 e. The lowest BCUT2D eigenvalue weighted by molar-refractivity contribution is 0.0505. The van der Waals surface area contributed by atoms with E-state index in [9.17, 15) is 9.59 Å². The lowest BCUT2D eigenvalue weighted by atomic mass is 10.2. The minimum absolute atomic E-state index is 0.299. The van der Waals surface area contributed by atoms with Gasteiger partial charge in [-0.1, -0.05) is 30.7 Å². The van der Waals surface area contributed by atoms with Crippen LogP contribution in [0.5, 0.6) is 0 Å². The highest BCUT2D eigenvalue weighted by molar-refractivity contribution is 6.34. The highest BCUT2D eigenvalue weighted by atomic mass is 35.5. The predicted octanol–water partition coefficient (Wildman–Crippen LogP) is 4.16. The molecule has 2 rings (SSSR count). The fraction of sp³-hybridized carbons (Fsp3) is 0.176. The van der Waals surface area contributed by atoms with E-state index in [1.165, 1.54) is 0 Å². The van der Waals surface area contributed by atoms with E-state index in [0.717, 1.165) is 6.42 Å². The standard InChI is InChI=1S/C17H16ClNO3/c1-2-11-22-17(21)12-7-9-13(10-8-12)19-16(20)14-5-3-4-6-15(14)18/h3-10H,2,11H2,1H3,(H,19,20). The van der Waals surface area contributed by atoms with E-state index in [-0.39, 0.29) is 11.9 Å². The van der Waals surface area contributed by atoms with E-state index in [1.807, 2.05) is 6.92 Å². The first-order valence-electron chi connectivity index (χ1n) is 6.95. The molecule has 0 aliphatic heterocycles. The second-order valence-corrected chi connectivity index (χ2v) is 5.05. The third kappa shape index (κ3) is 4.09. The molecular formula is C17H16ClNO3. The number of hydrogen-bond acceptors (Lipinski definition) is 3. The molecule has 114 valence electrons. The first kappa shape index (κ1) is 16.0. The Bertz CT molecular complexity index is 668. The van der Waals surface area contributed by atoms with E-state index in [1.54, 1.807) is 48.5 Å². The summed E-state index contributed by atoms with van der Waals surface area (Å²) in [7, 11) is 0. The van der Waals surface area contributed by atoms with Gasteiger partial charge in [0, 0.05) is 5.69 Å². The van der Waals surface area contributed by atoms with Gasteiger partial charge in [0.05, 0.1) is 22.8 Å². The van der Waals surface area contributed by atoms with Crippen molar-refractivity contribution >= 4 is 29.2 Å². The summed E-state index contributed by atoms with van der Waals surface area (Å²) >= 11 is 5.98. The molecule has 0 saturated carbocycles. The molecule has 0 unspecified atom stereocenters. The van der Waals surface area contributed by atoms with Crippen molar-refractivity contribution < 1.29 is 14.3 Å². The summed E-state index contributed by atoms with van der Waals surface area (Å²) in [5.41, 5.74) is 1.43. The topological polar surface area (TPSA) is 55.4 Å². The van der Waals surface area contributed by atoms with Crippen LogP contribution in [-0.2, 0) is 4.74 Å². The molecule has 1 amide bonds. The zero-order valence-electron chi connectivity index (χ0n) is 12.1. The number of carbonyl (C=O) groups excluding carboxylic acids is 2. The molecule has 1 N–H and O–H groups in total. The summed E-state index contributed by atoms with van der Waals surface area (Å²) < 4.78 is 5.04. The Morgan fingerprint density at radius 2 is 1.77 bits per heavy atom. The summed E-state index contributed by atoms with van der Waals surface area (Å²) in [6.45, 7) is 2.32. The maximum Gasteiger partial charge on any atom is 0.338 e. The van der Waals surface area contributed by atoms with E-state index in [2.05, 4.69) is 5.32 Å². The van der Waals surface area contributed by atoms with E-state index < -0.39 is 0 Å². The van der Waals surface area contributed by atoms with Crippen molar-refractivity contribution in [2.24, 2.45) is 0 Å². The Labute approximate surface area is 134 Å². The van der Waals surface area contributed by atoms with Gasteiger partial charge in [-0.3, -0.25) is 4.79 Å². The SMILES string of the molecule is CCCOC(=O)c1ccc(NC(=O)c2ccccc2Cl)cc1. The number of rotatable bonds is 5. The summed E-state index contributed by atoms with van der Waals surface area (Å²) in [5, 5.41) is 3.12. The van der Waals surface area contributed by atoms with Crippen LogP contribution in [0.4, 0.5) is 5.69 Å². The van der Waals surface area contributed by atoms with Gasteiger partial charge in [0.2, 0.25) is 0 Å². The molecule has 0 aliphatic rings. The van der Waals surface area contributed by atoms with Crippen LogP contribution in [0, 0.1) is 0 Å². The smallest absolute Gasteiger partial charge is 0.338 e. The summed E-state index contributed by atoms with van der Waals surface area (Å²) in [6, 6.07) is 13.3. The quantitative estimate of drug-likeness (QED) is 0.842. The van der Waals surface area contributed by atoms with Crippen LogP contribution >= 0.6 is 11.6 Å². The third-order valence-corrected chi connectivity index (χ3v) is 3.26. The Morgan fingerprint density at radius 1 is 1.09 bits per heavy atom. The van der Waals surface area contributed by atoms with Gasteiger partial charge in [-0.25, -0.2) is 4.79 Å². The number of esters is 1. The normalized spacial score (nSPS) is 10.1. The average molecular weight is 318 g/mol. The molecule has 0 aromatic heterocycles. The van der Waals surface area contributed by atoms with Crippen LogP contribution < -0.4 is 5.32 Å². The molecule has 0 atom stereocenters.